The van der Waals surface area contributed by atoms with Crippen LogP contribution in [0.2, 0.25) is 0 Å². The molecule has 3 rings (SSSR count). The number of hydrogen-bond acceptors (Lipinski definition) is 5. The Balaban J connectivity index is 2.05. The largest absolute Gasteiger partial charge is 0.493 e. The van der Waals surface area contributed by atoms with Crippen molar-refractivity contribution in [3.63, 3.8) is 0 Å². The van der Waals surface area contributed by atoms with E-state index in [-0.39, 0.29) is 12.1 Å². The second kappa shape index (κ2) is 8.89. The number of ether oxygens (including phenoxy) is 3. The molecule has 1 atom stereocenters. The van der Waals surface area contributed by atoms with Crippen molar-refractivity contribution in [3.05, 3.63) is 50.6 Å². The maximum atomic E-state index is 12.6. The molecular weight excluding hydrogens is 471 g/mol. The Morgan fingerprint density at radius 2 is 1.93 bits per heavy atom. The minimum atomic E-state index is -0.308. The first-order valence-electron chi connectivity index (χ1n) is 9.20. The van der Waals surface area contributed by atoms with Crippen molar-refractivity contribution in [2.45, 2.75) is 25.8 Å². The first-order valence-corrected chi connectivity index (χ1v) is 10.3. The average Bonchev–Trinajstić information content (AvgIpc) is 2.69. The lowest BCUT2D eigenvalue weighted by Gasteiger charge is -2.37. The normalized spacial score (nSPS) is 15.7. The predicted octanol–water partition coefficient (Wildman–Crippen LogP) is 4.19. The van der Waals surface area contributed by atoms with Crippen LogP contribution in [0.15, 0.2) is 30.3 Å². The molecule has 150 valence electrons. The minimum Gasteiger partial charge on any atom is -0.493 e. The van der Waals surface area contributed by atoms with Gasteiger partial charge >= 0.3 is 6.09 Å². The fourth-order valence-corrected chi connectivity index (χ4v) is 4.15. The molecule has 0 radical (unpaired) electrons. The van der Waals surface area contributed by atoms with Gasteiger partial charge in [0.05, 0.1) is 26.9 Å². The number of rotatable bonds is 5. The maximum Gasteiger partial charge on any atom is 0.410 e. The van der Waals surface area contributed by atoms with Gasteiger partial charge in [-0.25, -0.2) is 4.79 Å². The molecule has 2 aromatic rings. The van der Waals surface area contributed by atoms with Crippen LogP contribution >= 0.6 is 22.6 Å². The van der Waals surface area contributed by atoms with Crippen LogP contribution in [0.1, 0.15) is 29.7 Å². The van der Waals surface area contributed by atoms with Gasteiger partial charge in [-0.1, -0.05) is 6.07 Å². The van der Waals surface area contributed by atoms with Gasteiger partial charge in [0.1, 0.15) is 0 Å². The van der Waals surface area contributed by atoms with Crippen molar-refractivity contribution in [3.8, 4) is 11.5 Å². The van der Waals surface area contributed by atoms with Gasteiger partial charge in [-0.2, -0.15) is 0 Å². The van der Waals surface area contributed by atoms with E-state index in [1.165, 1.54) is 0 Å². The molecule has 0 aliphatic carbocycles. The lowest BCUT2D eigenvalue weighted by molar-refractivity contribution is 0.0863. The number of nitrogens with zero attached hydrogens (tertiary/aromatic N) is 1. The van der Waals surface area contributed by atoms with E-state index in [0.29, 0.717) is 31.1 Å². The van der Waals surface area contributed by atoms with E-state index in [0.717, 1.165) is 32.4 Å². The molecule has 0 fully saturated rings. The van der Waals surface area contributed by atoms with Crippen molar-refractivity contribution in [2.75, 3.05) is 33.1 Å². The zero-order valence-electron chi connectivity index (χ0n) is 16.3. The molecule has 1 amide bonds. The lowest BCUT2D eigenvalue weighted by atomic mass is 9.88. The summed E-state index contributed by atoms with van der Waals surface area (Å²) in [5, 5.41) is 0. The number of hydrogen-bond donors (Lipinski definition) is 1. The summed E-state index contributed by atoms with van der Waals surface area (Å²) in [6, 6.07) is 9.77. The zero-order chi connectivity index (χ0) is 20.3. The van der Waals surface area contributed by atoms with E-state index in [2.05, 4.69) is 22.6 Å². The highest BCUT2D eigenvalue weighted by Gasteiger charge is 2.33. The first-order chi connectivity index (χ1) is 13.5. The number of nitrogen functional groups attached to an aromatic ring is 1. The Kier molecular flexibility index (Phi) is 6.53. The van der Waals surface area contributed by atoms with Gasteiger partial charge in [0, 0.05) is 15.8 Å². The quantitative estimate of drug-likeness (QED) is 0.497. The summed E-state index contributed by atoms with van der Waals surface area (Å²) in [4.78, 5) is 14.4. The van der Waals surface area contributed by atoms with Crippen LogP contribution in [-0.2, 0) is 17.6 Å². The van der Waals surface area contributed by atoms with E-state index in [9.17, 15) is 4.79 Å². The minimum absolute atomic E-state index is 0.190. The molecule has 2 N–H and O–H groups in total. The molecule has 0 bridgehead atoms. The molecule has 7 heteroatoms. The molecule has 28 heavy (non-hydrogen) atoms. The van der Waals surface area contributed by atoms with Crippen LogP contribution in [0, 0.1) is 3.57 Å². The molecule has 1 aliphatic heterocycles. The number of methoxy groups -OCH3 is 2. The highest BCUT2D eigenvalue weighted by Crippen LogP contribution is 2.40. The van der Waals surface area contributed by atoms with E-state index >= 15 is 0 Å². The first kappa shape index (κ1) is 20.6. The van der Waals surface area contributed by atoms with Gasteiger partial charge in [-0.3, -0.25) is 0 Å². The second-order valence-corrected chi connectivity index (χ2v) is 7.86. The van der Waals surface area contributed by atoms with Gasteiger partial charge < -0.3 is 24.8 Å². The Labute approximate surface area is 179 Å². The molecule has 1 aliphatic rings. The molecule has 0 saturated heterocycles. The van der Waals surface area contributed by atoms with Crippen LogP contribution in [0.3, 0.4) is 0 Å². The van der Waals surface area contributed by atoms with Gasteiger partial charge in [0.2, 0.25) is 0 Å². The fourth-order valence-electron chi connectivity index (χ4n) is 3.63. The van der Waals surface area contributed by atoms with E-state index in [4.69, 9.17) is 19.9 Å². The van der Waals surface area contributed by atoms with Crippen molar-refractivity contribution in [1.29, 1.82) is 0 Å². The second-order valence-electron chi connectivity index (χ2n) is 6.61. The molecular formula is C21H25IN2O4. The Morgan fingerprint density at radius 3 is 2.57 bits per heavy atom. The van der Waals surface area contributed by atoms with Gasteiger partial charge in [-0.05, 0) is 83.3 Å². The number of anilines is 1. The summed E-state index contributed by atoms with van der Waals surface area (Å²) in [5.41, 5.74) is 10.2. The third-order valence-corrected chi connectivity index (χ3v) is 5.70. The summed E-state index contributed by atoms with van der Waals surface area (Å²) in [7, 11) is 3.24. The monoisotopic (exact) mass is 496 g/mol. The Morgan fingerprint density at radius 1 is 1.21 bits per heavy atom. The summed E-state index contributed by atoms with van der Waals surface area (Å²) in [5.74, 6) is 1.34. The zero-order valence-corrected chi connectivity index (χ0v) is 18.5. The molecule has 1 heterocycles. The smallest absolute Gasteiger partial charge is 0.410 e. The molecule has 2 aromatic carbocycles. The van der Waals surface area contributed by atoms with Crippen LogP contribution in [0.25, 0.3) is 0 Å². The van der Waals surface area contributed by atoms with E-state index in [1.807, 2.05) is 37.3 Å². The summed E-state index contributed by atoms with van der Waals surface area (Å²) in [6.45, 7) is 2.73. The summed E-state index contributed by atoms with van der Waals surface area (Å²) >= 11 is 2.24. The van der Waals surface area contributed by atoms with Crippen molar-refractivity contribution in [2.24, 2.45) is 0 Å². The van der Waals surface area contributed by atoms with Crippen molar-refractivity contribution < 1.29 is 19.0 Å². The third-order valence-electron chi connectivity index (χ3n) is 5.03. The Bertz CT molecular complexity index is 872. The molecule has 0 aromatic heterocycles. The number of nitrogens with two attached hydrogens (primary N) is 1. The number of halogens is 1. The summed E-state index contributed by atoms with van der Waals surface area (Å²) < 4.78 is 17.3. The van der Waals surface area contributed by atoms with Crippen LogP contribution in [0.4, 0.5) is 10.5 Å². The third kappa shape index (κ3) is 4.14. The fraction of sp³-hybridized carbons (Fsp3) is 0.381. The topological polar surface area (TPSA) is 74.0 Å². The van der Waals surface area contributed by atoms with Crippen LogP contribution < -0.4 is 15.2 Å². The Hall–Kier alpha value is -2.16. The summed E-state index contributed by atoms with van der Waals surface area (Å²) in [6.07, 6.45) is 1.02. The average molecular weight is 496 g/mol. The molecule has 0 saturated carbocycles. The van der Waals surface area contributed by atoms with Gasteiger partial charge in [0.25, 0.3) is 0 Å². The van der Waals surface area contributed by atoms with Crippen LogP contribution in [0.5, 0.6) is 11.5 Å². The number of carbonyl (C=O) groups is 1. The van der Waals surface area contributed by atoms with Gasteiger partial charge in [-0.15, -0.1) is 0 Å². The van der Waals surface area contributed by atoms with E-state index in [1.54, 1.807) is 19.1 Å². The maximum absolute atomic E-state index is 12.6. The number of amides is 1. The number of carbonyl (C=O) groups excluding carboxylic acids is 1. The molecule has 1 unspecified atom stereocenters. The number of benzene rings is 2. The molecule has 0 spiro atoms. The highest BCUT2D eigenvalue weighted by molar-refractivity contribution is 14.1. The number of fused-ring (bicyclic) bond motifs is 1. The van der Waals surface area contributed by atoms with Crippen molar-refractivity contribution in [1.82, 2.24) is 4.90 Å². The molecule has 6 nitrogen and oxygen atoms in total. The van der Waals surface area contributed by atoms with Crippen molar-refractivity contribution >= 4 is 34.4 Å². The lowest BCUT2D eigenvalue weighted by Crippen LogP contribution is -2.41. The highest BCUT2D eigenvalue weighted by atomic mass is 127. The predicted molar refractivity (Wildman–Crippen MR) is 117 cm³/mol. The van der Waals surface area contributed by atoms with E-state index < -0.39 is 0 Å². The van der Waals surface area contributed by atoms with Gasteiger partial charge in [0.15, 0.2) is 11.5 Å². The van der Waals surface area contributed by atoms with Crippen LogP contribution in [-0.4, -0.2) is 38.4 Å². The SMILES string of the molecule is CCOC(=O)N1CCc2cc(OC)c(OC)cc2C1Cc1ccc(I)cc1N. The standard InChI is InChI=1S/C21H25IN2O4/c1-4-28-21(25)24-8-7-13-10-19(26-2)20(27-3)12-16(13)18(24)9-14-5-6-15(22)11-17(14)23/h5-6,10-12,18H,4,7-9,23H2,1-3H3.